The molecule has 0 unspecified atom stereocenters. The standard InChI is InChI=1S/C35H36Cl2N4O3/c1-20-15-41(16-20)30-11-10-21-12-22(13-31(43-2)32(21)30)24-6-4-7-25(33(24)36)26-8-5-9-27(34(26)37)28-14-38-29(35(39-28)44-3)19-40-17-23(42)18-40/h4-9,12-14,20,23,30,42H,10-11,15-19H2,1-3H3/t30-/m0/s1. The van der Waals surface area contributed by atoms with Gasteiger partial charge in [-0.2, -0.15) is 0 Å². The number of rotatable bonds is 8. The third-order valence-electron chi connectivity index (χ3n) is 9.19. The molecule has 2 saturated heterocycles. The molecule has 0 amide bonds. The van der Waals surface area contributed by atoms with Gasteiger partial charge in [0.05, 0.1) is 42.3 Å². The summed E-state index contributed by atoms with van der Waals surface area (Å²) >= 11 is 14.3. The van der Waals surface area contributed by atoms with Crippen molar-refractivity contribution in [2.45, 2.75) is 38.5 Å². The Morgan fingerprint density at radius 1 is 0.909 bits per heavy atom. The summed E-state index contributed by atoms with van der Waals surface area (Å²) in [7, 11) is 3.35. The van der Waals surface area contributed by atoms with E-state index < -0.39 is 0 Å². The number of halogens is 2. The van der Waals surface area contributed by atoms with Gasteiger partial charge in [-0.05, 0) is 36.0 Å². The van der Waals surface area contributed by atoms with E-state index in [2.05, 4.69) is 39.9 Å². The van der Waals surface area contributed by atoms with Crippen molar-refractivity contribution < 1.29 is 14.6 Å². The summed E-state index contributed by atoms with van der Waals surface area (Å²) in [6, 6.07) is 16.8. The monoisotopic (exact) mass is 630 g/mol. The number of hydrogen-bond donors (Lipinski definition) is 1. The third-order valence-corrected chi connectivity index (χ3v) is 10.0. The van der Waals surface area contributed by atoms with E-state index in [0.717, 1.165) is 71.1 Å². The number of aromatic nitrogens is 2. The minimum absolute atomic E-state index is 0.281. The van der Waals surface area contributed by atoms with Crippen molar-refractivity contribution in [3.63, 3.8) is 0 Å². The molecule has 0 bridgehead atoms. The van der Waals surface area contributed by atoms with Crippen LogP contribution in [0.4, 0.5) is 0 Å². The van der Waals surface area contributed by atoms with Crippen LogP contribution in [0.2, 0.25) is 10.0 Å². The molecule has 4 aromatic rings. The smallest absolute Gasteiger partial charge is 0.237 e. The molecule has 228 valence electrons. The fraction of sp³-hybridized carbons (Fsp3) is 0.371. The van der Waals surface area contributed by atoms with E-state index in [4.69, 9.17) is 37.7 Å². The molecule has 1 aromatic heterocycles. The Morgan fingerprint density at radius 3 is 2.25 bits per heavy atom. The van der Waals surface area contributed by atoms with E-state index in [1.807, 2.05) is 30.3 Å². The highest BCUT2D eigenvalue weighted by Crippen LogP contribution is 2.48. The maximum Gasteiger partial charge on any atom is 0.237 e. The highest BCUT2D eigenvalue weighted by atomic mass is 35.5. The van der Waals surface area contributed by atoms with Gasteiger partial charge in [0.15, 0.2) is 0 Å². The summed E-state index contributed by atoms with van der Waals surface area (Å²) in [4.78, 5) is 14.1. The van der Waals surface area contributed by atoms with Crippen molar-refractivity contribution in [3.05, 3.63) is 81.6 Å². The fourth-order valence-corrected chi connectivity index (χ4v) is 7.64. The number of hydrogen-bond acceptors (Lipinski definition) is 7. The third kappa shape index (κ3) is 5.25. The van der Waals surface area contributed by atoms with Crippen LogP contribution in [0, 0.1) is 5.92 Å². The van der Waals surface area contributed by atoms with Gasteiger partial charge in [-0.25, -0.2) is 4.98 Å². The van der Waals surface area contributed by atoms with Gasteiger partial charge < -0.3 is 14.6 Å². The first-order valence-corrected chi connectivity index (χ1v) is 15.9. The molecule has 1 atom stereocenters. The average Bonchev–Trinajstić information content (AvgIpc) is 3.42. The molecule has 9 heteroatoms. The lowest BCUT2D eigenvalue weighted by Gasteiger charge is -2.42. The minimum atomic E-state index is -0.281. The van der Waals surface area contributed by atoms with Crippen molar-refractivity contribution in [1.29, 1.82) is 0 Å². The summed E-state index contributed by atoms with van der Waals surface area (Å²) < 4.78 is 11.6. The van der Waals surface area contributed by atoms with Crippen LogP contribution >= 0.6 is 23.2 Å². The Balaban J connectivity index is 1.22. The van der Waals surface area contributed by atoms with Crippen LogP contribution < -0.4 is 9.47 Å². The first kappa shape index (κ1) is 29.5. The maximum absolute atomic E-state index is 9.63. The maximum atomic E-state index is 9.63. The lowest BCUT2D eigenvalue weighted by Crippen LogP contribution is -2.50. The lowest BCUT2D eigenvalue weighted by atomic mass is 9.93. The second-order valence-corrected chi connectivity index (χ2v) is 13.0. The van der Waals surface area contributed by atoms with Crippen LogP contribution in [0.3, 0.4) is 0 Å². The summed E-state index contributed by atoms with van der Waals surface area (Å²) in [5, 5.41) is 10.8. The van der Waals surface area contributed by atoms with Gasteiger partial charge in [0.2, 0.25) is 5.88 Å². The van der Waals surface area contributed by atoms with Crippen molar-refractivity contribution in [3.8, 4) is 45.1 Å². The number of likely N-dealkylation sites (tertiary alicyclic amines) is 2. The topological polar surface area (TPSA) is 71.0 Å². The highest BCUT2D eigenvalue weighted by Gasteiger charge is 2.37. The molecule has 44 heavy (non-hydrogen) atoms. The van der Waals surface area contributed by atoms with Crippen molar-refractivity contribution in [2.24, 2.45) is 5.92 Å². The zero-order valence-electron chi connectivity index (χ0n) is 25.2. The molecule has 7 nitrogen and oxygen atoms in total. The number of aryl methyl sites for hydroxylation is 1. The lowest BCUT2D eigenvalue weighted by molar-refractivity contribution is -0.00402. The van der Waals surface area contributed by atoms with E-state index >= 15 is 0 Å². The van der Waals surface area contributed by atoms with Crippen LogP contribution in [0.1, 0.15) is 36.2 Å². The summed E-state index contributed by atoms with van der Waals surface area (Å²) in [6.45, 7) is 6.42. The quantitative estimate of drug-likeness (QED) is 0.227. The van der Waals surface area contributed by atoms with Crippen LogP contribution in [-0.4, -0.2) is 71.4 Å². The molecular formula is C35H36Cl2N4O3. The summed E-state index contributed by atoms with van der Waals surface area (Å²) in [5.74, 6) is 2.14. The van der Waals surface area contributed by atoms with Gasteiger partial charge in [0.1, 0.15) is 11.4 Å². The molecule has 1 N–H and O–H groups in total. The van der Waals surface area contributed by atoms with Crippen LogP contribution in [0.25, 0.3) is 33.5 Å². The first-order valence-electron chi connectivity index (χ1n) is 15.2. The van der Waals surface area contributed by atoms with Crippen molar-refractivity contribution in [2.75, 3.05) is 40.4 Å². The highest BCUT2D eigenvalue weighted by molar-refractivity contribution is 6.39. The van der Waals surface area contributed by atoms with Gasteiger partial charge in [-0.1, -0.05) is 72.6 Å². The zero-order chi connectivity index (χ0) is 30.5. The molecule has 1 aliphatic carbocycles. The van der Waals surface area contributed by atoms with Gasteiger partial charge in [-0.15, -0.1) is 0 Å². The van der Waals surface area contributed by atoms with E-state index in [1.54, 1.807) is 20.4 Å². The summed E-state index contributed by atoms with van der Waals surface area (Å²) in [6.07, 6.45) is 3.59. The molecule has 0 radical (unpaired) electrons. The van der Waals surface area contributed by atoms with Gasteiger partial charge in [0, 0.05) is 66.6 Å². The Morgan fingerprint density at radius 2 is 1.59 bits per heavy atom. The van der Waals surface area contributed by atoms with E-state index in [0.29, 0.717) is 47.3 Å². The van der Waals surface area contributed by atoms with E-state index in [-0.39, 0.29) is 6.10 Å². The largest absolute Gasteiger partial charge is 0.496 e. The average molecular weight is 632 g/mol. The van der Waals surface area contributed by atoms with Crippen LogP contribution in [0.15, 0.2) is 54.7 Å². The van der Waals surface area contributed by atoms with Crippen molar-refractivity contribution in [1.82, 2.24) is 19.8 Å². The number of methoxy groups -OCH3 is 2. The molecule has 3 aliphatic rings. The molecular weight excluding hydrogens is 595 g/mol. The predicted molar refractivity (Wildman–Crippen MR) is 175 cm³/mol. The normalized spacial score (nSPS) is 19.0. The SMILES string of the molecule is COc1cc(-c2cccc(-c3cccc(-c4cnc(CN5CC(O)C5)c(OC)n4)c3Cl)c2Cl)cc2c1[C@@H](N1CC(C)C1)CC2. The molecule has 3 heterocycles. The van der Waals surface area contributed by atoms with Gasteiger partial charge >= 0.3 is 0 Å². The number of ether oxygens (including phenoxy) is 2. The van der Waals surface area contributed by atoms with Crippen LogP contribution in [-0.2, 0) is 13.0 Å². The van der Waals surface area contributed by atoms with Gasteiger partial charge in [-0.3, -0.25) is 14.8 Å². The number of β-amino-alcohol motifs (C(OH)–C–C–N with tert-alkyl or cyclic N) is 1. The molecule has 2 fully saturated rings. The van der Waals surface area contributed by atoms with Crippen LogP contribution in [0.5, 0.6) is 11.6 Å². The zero-order valence-corrected chi connectivity index (χ0v) is 26.7. The van der Waals surface area contributed by atoms with E-state index in [1.165, 1.54) is 11.1 Å². The number of nitrogens with zero attached hydrogens (tertiary/aromatic N) is 4. The first-order chi connectivity index (χ1) is 21.3. The number of benzene rings is 3. The predicted octanol–water partition coefficient (Wildman–Crippen LogP) is 6.92. The Kier molecular flexibility index (Phi) is 8.02. The molecule has 3 aromatic carbocycles. The second kappa shape index (κ2) is 12.0. The van der Waals surface area contributed by atoms with E-state index in [9.17, 15) is 5.11 Å². The van der Waals surface area contributed by atoms with Crippen molar-refractivity contribution >= 4 is 23.2 Å². The number of aliphatic hydroxyl groups is 1. The number of fused-ring (bicyclic) bond motifs is 1. The number of aliphatic hydroxyl groups excluding tert-OH is 1. The molecule has 2 aliphatic heterocycles. The van der Waals surface area contributed by atoms with Gasteiger partial charge in [0.25, 0.3) is 0 Å². The Hall–Kier alpha value is -3.20. The fourth-order valence-electron chi connectivity index (χ4n) is 6.98. The second-order valence-electron chi connectivity index (χ2n) is 12.3. The summed E-state index contributed by atoms with van der Waals surface area (Å²) in [5.41, 5.74) is 8.39. The molecule has 7 rings (SSSR count). The Labute approximate surface area is 268 Å². The Bertz CT molecular complexity index is 1720. The molecule has 0 saturated carbocycles. The molecule has 0 spiro atoms. The minimum Gasteiger partial charge on any atom is -0.496 e.